The van der Waals surface area contributed by atoms with Crippen molar-refractivity contribution in [1.82, 2.24) is 19.8 Å². The lowest BCUT2D eigenvalue weighted by atomic mass is 10.1. The van der Waals surface area contributed by atoms with Gasteiger partial charge in [0.25, 0.3) is 0 Å². The normalized spacial score (nSPS) is 17.2. The first-order chi connectivity index (χ1) is 11.2. The van der Waals surface area contributed by atoms with Crippen molar-refractivity contribution in [3.63, 3.8) is 0 Å². The topological polar surface area (TPSA) is 50.2 Å². The number of hydrogen-bond donors (Lipinski definition) is 1. The maximum atomic E-state index is 12.3. The van der Waals surface area contributed by atoms with Crippen LogP contribution in [0.2, 0.25) is 0 Å². The van der Waals surface area contributed by atoms with Gasteiger partial charge in [0.05, 0.1) is 6.33 Å². The maximum Gasteiger partial charge on any atom is 0.317 e. The summed E-state index contributed by atoms with van der Waals surface area (Å²) in [5.41, 5.74) is 0. The monoisotopic (exact) mass is 332 g/mol. The van der Waals surface area contributed by atoms with E-state index in [1.54, 1.807) is 11.3 Å². The Morgan fingerprint density at radius 1 is 1.48 bits per heavy atom. The number of nitrogens with one attached hydrogen (secondary N) is 1. The smallest absolute Gasteiger partial charge is 0.317 e. The van der Waals surface area contributed by atoms with Gasteiger partial charge in [-0.25, -0.2) is 9.78 Å². The van der Waals surface area contributed by atoms with Crippen LogP contribution in [0.3, 0.4) is 0 Å². The van der Waals surface area contributed by atoms with Crippen molar-refractivity contribution in [3.05, 3.63) is 41.1 Å². The summed E-state index contributed by atoms with van der Waals surface area (Å²) in [6.07, 6.45) is 8.71. The first kappa shape index (κ1) is 16.1. The SMILES string of the molecule is CC(CNC(=O)N1CCC(n2ccnc2)CC1)Cc1cccs1. The number of imidazole rings is 1. The van der Waals surface area contributed by atoms with Crippen LogP contribution in [-0.4, -0.2) is 40.1 Å². The minimum absolute atomic E-state index is 0.0760. The number of carbonyl (C=O) groups excluding carboxylic acids is 1. The van der Waals surface area contributed by atoms with Gasteiger partial charge >= 0.3 is 6.03 Å². The lowest BCUT2D eigenvalue weighted by Gasteiger charge is -2.32. The van der Waals surface area contributed by atoms with Gasteiger partial charge in [-0.1, -0.05) is 13.0 Å². The molecule has 124 valence electrons. The van der Waals surface area contributed by atoms with E-state index in [4.69, 9.17) is 0 Å². The molecule has 0 aliphatic carbocycles. The van der Waals surface area contributed by atoms with Gasteiger partial charge in [-0.05, 0) is 36.6 Å². The molecule has 5 nitrogen and oxygen atoms in total. The molecule has 1 N–H and O–H groups in total. The molecule has 1 atom stereocenters. The van der Waals surface area contributed by atoms with E-state index in [-0.39, 0.29) is 6.03 Å². The molecule has 1 aliphatic rings. The molecule has 0 bridgehead atoms. The van der Waals surface area contributed by atoms with Gasteiger partial charge < -0.3 is 14.8 Å². The zero-order valence-electron chi connectivity index (χ0n) is 13.5. The van der Waals surface area contributed by atoms with Crippen molar-refractivity contribution in [2.24, 2.45) is 5.92 Å². The van der Waals surface area contributed by atoms with Crippen LogP contribution in [0.4, 0.5) is 4.79 Å². The second kappa shape index (κ2) is 7.64. The van der Waals surface area contributed by atoms with Gasteiger partial charge in [-0.15, -0.1) is 11.3 Å². The quantitative estimate of drug-likeness (QED) is 0.914. The number of aromatic nitrogens is 2. The molecule has 0 saturated carbocycles. The summed E-state index contributed by atoms with van der Waals surface area (Å²) in [5.74, 6) is 0.459. The first-order valence-electron chi connectivity index (χ1n) is 8.25. The number of rotatable bonds is 5. The third kappa shape index (κ3) is 4.34. The predicted molar refractivity (Wildman–Crippen MR) is 92.7 cm³/mol. The van der Waals surface area contributed by atoms with E-state index in [2.05, 4.69) is 39.3 Å². The Hall–Kier alpha value is -1.82. The summed E-state index contributed by atoms with van der Waals surface area (Å²) in [4.78, 5) is 19.7. The highest BCUT2D eigenvalue weighted by Crippen LogP contribution is 2.22. The minimum atomic E-state index is 0.0760. The number of carbonyl (C=O) groups is 1. The number of thiophene rings is 1. The highest BCUT2D eigenvalue weighted by atomic mass is 32.1. The van der Waals surface area contributed by atoms with E-state index in [0.29, 0.717) is 12.0 Å². The third-order valence-corrected chi connectivity index (χ3v) is 5.33. The standard InChI is InChI=1S/C17H24N4OS/c1-14(11-16-3-2-10-23-16)12-19-17(22)20-7-4-15(5-8-20)21-9-6-18-13-21/h2-3,6,9-10,13-15H,4-5,7-8,11-12H2,1H3,(H,19,22). The van der Waals surface area contributed by atoms with Crippen molar-refractivity contribution in [2.75, 3.05) is 19.6 Å². The third-order valence-electron chi connectivity index (χ3n) is 4.43. The Balaban J connectivity index is 1.39. The molecule has 0 radical (unpaired) electrons. The molecule has 3 heterocycles. The van der Waals surface area contributed by atoms with Gasteiger partial charge in [0.15, 0.2) is 0 Å². The molecule has 1 aliphatic heterocycles. The second-order valence-corrected chi connectivity index (χ2v) is 7.34. The fourth-order valence-electron chi connectivity index (χ4n) is 3.07. The van der Waals surface area contributed by atoms with E-state index in [1.165, 1.54) is 4.88 Å². The molecule has 23 heavy (non-hydrogen) atoms. The number of amides is 2. The average molecular weight is 332 g/mol. The first-order valence-corrected chi connectivity index (χ1v) is 9.13. The van der Waals surface area contributed by atoms with Crippen molar-refractivity contribution in [1.29, 1.82) is 0 Å². The van der Waals surface area contributed by atoms with Crippen LogP contribution >= 0.6 is 11.3 Å². The fourth-order valence-corrected chi connectivity index (χ4v) is 3.94. The molecule has 1 saturated heterocycles. The van der Waals surface area contributed by atoms with Crippen LogP contribution in [0, 0.1) is 5.92 Å². The summed E-state index contributed by atoms with van der Waals surface area (Å²) >= 11 is 1.78. The predicted octanol–water partition coefficient (Wildman–Crippen LogP) is 3.17. The highest BCUT2D eigenvalue weighted by molar-refractivity contribution is 7.09. The average Bonchev–Trinajstić information content (AvgIpc) is 3.26. The number of hydrogen-bond acceptors (Lipinski definition) is 3. The lowest BCUT2D eigenvalue weighted by molar-refractivity contribution is 0.170. The maximum absolute atomic E-state index is 12.3. The van der Waals surface area contributed by atoms with Gasteiger partial charge in [0.1, 0.15) is 0 Å². The molecular formula is C17H24N4OS. The summed E-state index contributed by atoms with van der Waals surface area (Å²) in [5, 5.41) is 5.19. The van der Waals surface area contributed by atoms with Gasteiger partial charge in [-0.2, -0.15) is 0 Å². The zero-order valence-corrected chi connectivity index (χ0v) is 14.3. The summed E-state index contributed by atoms with van der Waals surface area (Å²) in [7, 11) is 0. The van der Waals surface area contributed by atoms with Crippen molar-refractivity contribution < 1.29 is 4.79 Å². The number of piperidine rings is 1. The van der Waals surface area contributed by atoms with Crippen LogP contribution in [0.15, 0.2) is 36.2 Å². The molecule has 2 aromatic rings. The van der Waals surface area contributed by atoms with Crippen LogP contribution in [-0.2, 0) is 6.42 Å². The summed E-state index contributed by atoms with van der Waals surface area (Å²) in [6, 6.07) is 4.78. The minimum Gasteiger partial charge on any atom is -0.338 e. The zero-order chi connectivity index (χ0) is 16.1. The number of likely N-dealkylation sites (tertiary alicyclic amines) is 1. The Labute approximate surface area is 141 Å². The number of nitrogens with zero attached hydrogens (tertiary/aromatic N) is 3. The van der Waals surface area contributed by atoms with E-state index in [0.717, 1.165) is 38.9 Å². The summed E-state index contributed by atoms with van der Waals surface area (Å²) in [6.45, 7) is 4.55. The van der Waals surface area contributed by atoms with Gasteiger partial charge in [-0.3, -0.25) is 0 Å². The Bertz CT molecular complexity index is 588. The largest absolute Gasteiger partial charge is 0.338 e. The van der Waals surface area contributed by atoms with E-state index >= 15 is 0 Å². The van der Waals surface area contributed by atoms with E-state index in [1.807, 2.05) is 23.6 Å². The molecule has 3 rings (SSSR count). The molecule has 6 heteroatoms. The number of urea groups is 1. The van der Waals surface area contributed by atoms with Crippen molar-refractivity contribution in [3.8, 4) is 0 Å². The highest BCUT2D eigenvalue weighted by Gasteiger charge is 2.23. The van der Waals surface area contributed by atoms with E-state index < -0.39 is 0 Å². The van der Waals surface area contributed by atoms with Crippen molar-refractivity contribution >= 4 is 17.4 Å². The fraction of sp³-hybridized carbons (Fsp3) is 0.529. The van der Waals surface area contributed by atoms with Crippen molar-refractivity contribution in [2.45, 2.75) is 32.2 Å². The molecule has 2 aromatic heterocycles. The Kier molecular flexibility index (Phi) is 5.33. The second-order valence-electron chi connectivity index (χ2n) is 6.30. The van der Waals surface area contributed by atoms with Crippen LogP contribution in [0.5, 0.6) is 0 Å². The van der Waals surface area contributed by atoms with Crippen LogP contribution < -0.4 is 5.32 Å². The molecule has 1 unspecified atom stereocenters. The van der Waals surface area contributed by atoms with Crippen LogP contribution in [0.25, 0.3) is 0 Å². The molecule has 0 aromatic carbocycles. The molecule has 2 amide bonds. The molecular weight excluding hydrogens is 308 g/mol. The van der Waals surface area contributed by atoms with Gasteiger partial charge in [0, 0.05) is 42.9 Å². The Morgan fingerprint density at radius 2 is 2.30 bits per heavy atom. The van der Waals surface area contributed by atoms with Crippen LogP contribution in [0.1, 0.15) is 30.7 Å². The van der Waals surface area contributed by atoms with E-state index in [9.17, 15) is 4.79 Å². The molecule has 0 spiro atoms. The Morgan fingerprint density at radius 3 is 2.96 bits per heavy atom. The lowest BCUT2D eigenvalue weighted by Crippen LogP contribution is -2.45. The molecule has 1 fully saturated rings. The summed E-state index contributed by atoms with van der Waals surface area (Å²) < 4.78 is 2.15. The van der Waals surface area contributed by atoms with Gasteiger partial charge in [0.2, 0.25) is 0 Å².